The summed E-state index contributed by atoms with van der Waals surface area (Å²) in [4.78, 5) is 12.5. The van der Waals surface area contributed by atoms with Gasteiger partial charge in [-0.05, 0) is 43.3 Å². The lowest BCUT2D eigenvalue weighted by Gasteiger charge is -2.06. The number of nitrogens with one attached hydrogen (secondary N) is 2. The molecule has 4 rings (SSSR count). The van der Waals surface area contributed by atoms with Gasteiger partial charge in [0.25, 0.3) is 5.91 Å². The highest BCUT2D eigenvalue weighted by atomic mass is 16.1. The number of anilines is 1. The summed E-state index contributed by atoms with van der Waals surface area (Å²) in [6, 6.07) is 11.2. The fraction of sp³-hybridized carbons (Fsp3) is 0.118. The lowest BCUT2D eigenvalue weighted by atomic mass is 10.1. The lowest BCUT2D eigenvalue weighted by molar-refractivity contribution is 0.102. The van der Waals surface area contributed by atoms with E-state index in [0.717, 1.165) is 33.2 Å². The predicted octanol–water partition coefficient (Wildman–Crippen LogP) is 3.01. The van der Waals surface area contributed by atoms with Crippen LogP contribution in [0.2, 0.25) is 0 Å². The summed E-state index contributed by atoms with van der Waals surface area (Å²) >= 11 is 0. The molecule has 2 heterocycles. The van der Waals surface area contributed by atoms with E-state index in [2.05, 4.69) is 20.6 Å². The first-order valence-corrected chi connectivity index (χ1v) is 7.30. The predicted molar refractivity (Wildman–Crippen MR) is 89.5 cm³/mol. The van der Waals surface area contributed by atoms with Crippen molar-refractivity contribution in [3.63, 3.8) is 0 Å². The molecule has 1 amide bonds. The fourth-order valence-electron chi connectivity index (χ4n) is 2.72. The third kappa shape index (κ3) is 2.24. The zero-order valence-electron chi connectivity index (χ0n) is 12.8. The van der Waals surface area contributed by atoms with Crippen LogP contribution in [0.5, 0.6) is 0 Å². The number of H-pyrrole nitrogens is 1. The molecule has 0 saturated heterocycles. The Labute approximate surface area is 132 Å². The molecule has 0 unspecified atom stereocenters. The Balaban J connectivity index is 1.65. The van der Waals surface area contributed by atoms with Crippen LogP contribution in [0.4, 0.5) is 5.69 Å². The van der Waals surface area contributed by atoms with Crippen LogP contribution in [-0.2, 0) is 7.05 Å². The average molecular weight is 305 g/mol. The quantitative estimate of drug-likeness (QED) is 0.598. The van der Waals surface area contributed by atoms with Crippen molar-refractivity contribution in [1.29, 1.82) is 0 Å². The molecule has 0 saturated carbocycles. The van der Waals surface area contributed by atoms with E-state index in [1.165, 1.54) is 0 Å². The summed E-state index contributed by atoms with van der Waals surface area (Å²) < 4.78 is 1.78. The number of carbonyl (C=O) groups excluding carboxylic acids is 1. The van der Waals surface area contributed by atoms with E-state index >= 15 is 0 Å². The van der Waals surface area contributed by atoms with Gasteiger partial charge >= 0.3 is 0 Å². The van der Waals surface area contributed by atoms with Gasteiger partial charge in [0.05, 0.1) is 17.2 Å². The van der Waals surface area contributed by atoms with Crippen LogP contribution < -0.4 is 5.32 Å². The molecule has 0 aliphatic rings. The Morgan fingerprint density at radius 1 is 1.22 bits per heavy atom. The largest absolute Gasteiger partial charge is 0.322 e. The Morgan fingerprint density at radius 3 is 2.96 bits per heavy atom. The number of amides is 1. The smallest absolute Gasteiger partial charge is 0.255 e. The Morgan fingerprint density at radius 2 is 2.09 bits per heavy atom. The van der Waals surface area contributed by atoms with Gasteiger partial charge in [0.2, 0.25) is 0 Å². The van der Waals surface area contributed by atoms with E-state index in [-0.39, 0.29) is 5.91 Å². The van der Waals surface area contributed by atoms with Crippen LogP contribution in [0, 0.1) is 6.92 Å². The van der Waals surface area contributed by atoms with Crippen LogP contribution in [0.3, 0.4) is 0 Å². The molecular formula is C17H15N5O. The summed E-state index contributed by atoms with van der Waals surface area (Å²) in [7, 11) is 1.88. The molecule has 0 atom stereocenters. The van der Waals surface area contributed by atoms with E-state index in [0.29, 0.717) is 5.56 Å². The summed E-state index contributed by atoms with van der Waals surface area (Å²) in [6.07, 6.45) is 1.76. The van der Waals surface area contributed by atoms with Crippen molar-refractivity contribution >= 4 is 33.4 Å². The maximum atomic E-state index is 12.5. The van der Waals surface area contributed by atoms with Gasteiger partial charge in [-0.25, -0.2) is 0 Å². The van der Waals surface area contributed by atoms with Crippen LogP contribution in [0.15, 0.2) is 42.6 Å². The summed E-state index contributed by atoms with van der Waals surface area (Å²) in [6.45, 7) is 1.96. The molecule has 0 bridgehead atoms. The van der Waals surface area contributed by atoms with E-state index in [4.69, 9.17) is 0 Å². The number of aromatic nitrogens is 4. The summed E-state index contributed by atoms with van der Waals surface area (Å²) in [5.41, 5.74) is 4.22. The van der Waals surface area contributed by atoms with Crippen LogP contribution in [0.1, 0.15) is 16.1 Å². The number of benzene rings is 2. The molecule has 23 heavy (non-hydrogen) atoms. The molecule has 2 aromatic heterocycles. The van der Waals surface area contributed by atoms with Crippen molar-refractivity contribution in [2.75, 3.05) is 5.32 Å². The summed E-state index contributed by atoms with van der Waals surface area (Å²) in [5, 5.41) is 16.2. The molecule has 2 aromatic carbocycles. The topological polar surface area (TPSA) is 75.6 Å². The standard InChI is InChI=1S/C17H15N5O/c1-10-14-8-13(4-5-15(14)21-20-10)19-17(23)11-3-6-16-12(7-11)9-18-22(16)2/h3-9H,1-2H3,(H,19,23)(H,20,21). The number of nitrogens with zero attached hydrogens (tertiary/aromatic N) is 3. The van der Waals surface area contributed by atoms with Crippen LogP contribution in [0.25, 0.3) is 21.8 Å². The zero-order valence-corrected chi connectivity index (χ0v) is 12.8. The van der Waals surface area contributed by atoms with Gasteiger partial charge in [0.15, 0.2) is 0 Å². The number of aromatic amines is 1. The molecular weight excluding hydrogens is 290 g/mol. The first-order chi connectivity index (χ1) is 11.1. The third-order valence-electron chi connectivity index (χ3n) is 4.01. The van der Waals surface area contributed by atoms with Gasteiger partial charge < -0.3 is 5.32 Å². The number of hydrogen-bond acceptors (Lipinski definition) is 3. The second kappa shape index (κ2) is 4.95. The van der Waals surface area contributed by atoms with Crippen molar-refractivity contribution in [3.05, 3.63) is 53.9 Å². The molecule has 0 radical (unpaired) electrons. The highest BCUT2D eigenvalue weighted by Gasteiger charge is 2.10. The van der Waals surface area contributed by atoms with Gasteiger partial charge in [-0.1, -0.05) is 0 Å². The zero-order chi connectivity index (χ0) is 16.0. The highest BCUT2D eigenvalue weighted by Crippen LogP contribution is 2.21. The van der Waals surface area contributed by atoms with Crippen molar-refractivity contribution in [1.82, 2.24) is 20.0 Å². The van der Waals surface area contributed by atoms with Gasteiger partial charge in [-0.15, -0.1) is 0 Å². The van der Waals surface area contributed by atoms with E-state index in [1.807, 2.05) is 44.3 Å². The maximum absolute atomic E-state index is 12.5. The van der Waals surface area contributed by atoms with Crippen molar-refractivity contribution in [2.24, 2.45) is 7.05 Å². The summed E-state index contributed by atoms with van der Waals surface area (Å²) in [5.74, 6) is -0.142. The SMILES string of the molecule is Cc1[nH]nc2ccc(NC(=O)c3ccc4c(cnn4C)c3)cc12. The second-order valence-corrected chi connectivity index (χ2v) is 5.58. The van der Waals surface area contributed by atoms with Crippen molar-refractivity contribution in [3.8, 4) is 0 Å². The molecule has 4 aromatic rings. The second-order valence-electron chi connectivity index (χ2n) is 5.58. The minimum Gasteiger partial charge on any atom is -0.322 e. The molecule has 6 heteroatoms. The van der Waals surface area contributed by atoms with Gasteiger partial charge in [-0.2, -0.15) is 10.2 Å². The molecule has 0 aliphatic heterocycles. The molecule has 0 aliphatic carbocycles. The number of aryl methyl sites for hydroxylation is 2. The Bertz CT molecular complexity index is 1040. The first-order valence-electron chi connectivity index (χ1n) is 7.30. The minimum absolute atomic E-state index is 0.142. The molecule has 0 spiro atoms. The van der Waals surface area contributed by atoms with E-state index in [1.54, 1.807) is 16.9 Å². The number of hydrogen-bond donors (Lipinski definition) is 2. The number of carbonyl (C=O) groups is 1. The Hall–Kier alpha value is -3.15. The number of rotatable bonds is 2. The van der Waals surface area contributed by atoms with Gasteiger partial charge in [0, 0.05) is 34.8 Å². The first kappa shape index (κ1) is 13.5. The van der Waals surface area contributed by atoms with Crippen molar-refractivity contribution < 1.29 is 4.79 Å². The molecule has 6 nitrogen and oxygen atoms in total. The van der Waals surface area contributed by atoms with Crippen molar-refractivity contribution in [2.45, 2.75) is 6.92 Å². The minimum atomic E-state index is -0.142. The van der Waals surface area contributed by atoms with Crippen LogP contribution >= 0.6 is 0 Å². The Kier molecular flexibility index (Phi) is 2.90. The third-order valence-corrected chi connectivity index (χ3v) is 4.01. The fourth-order valence-corrected chi connectivity index (χ4v) is 2.72. The van der Waals surface area contributed by atoms with Crippen LogP contribution in [-0.4, -0.2) is 25.9 Å². The van der Waals surface area contributed by atoms with Gasteiger partial charge in [0.1, 0.15) is 0 Å². The maximum Gasteiger partial charge on any atom is 0.255 e. The van der Waals surface area contributed by atoms with E-state index < -0.39 is 0 Å². The lowest BCUT2D eigenvalue weighted by Crippen LogP contribution is -2.11. The molecule has 2 N–H and O–H groups in total. The van der Waals surface area contributed by atoms with Gasteiger partial charge in [-0.3, -0.25) is 14.6 Å². The molecule has 114 valence electrons. The number of fused-ring (bicyclic) bond motifs is 2. The average Bonchev–Trinajstić information content (AvgIpc) is 3.11. The highest BCUT2D eigenvalue weighted by molar-refractivity contribution is 6.07. The molecule has 0 fully saturated rings. The normalized spacial score (nSPS) is 11.2. The van der Waals surface area contributed by atoms with E-state index in [9.17, 15) is 4.79 Å². The monoisotopic (exact) mass is 305 g/mol.